The van der Waals surface area contributed by atoms with Crippen LogP contribution in [-0.4, -0.2) is 35.5 Å². The second-order valence-corrected chi connectivity index (χ2v) is 7.31. The van der Waals surface area contributed by atoms with Gasteiger partial charge in [0.1, 0.15) is 18.5 Å². The number of hydrogen-bond donors (Lipinski definition) is 4. The lowest BCUT2D eigenvalue weighted by atomic mass is 9.96. The zero-order valence-electron chi connectivity index (χ0n) is 18.1. The van der Waals surface area contributed by atoms with Crippen molar-refractivity contribution in [2.45, 2.75) is 13.0 Å². The van der Waals surface area contributed by atoms with Crippen LogP contribution < -0.4 is 15.5 Å². The summed E-state index contributed by atoms with van der Waals surface area (Å²) < 4.78 is 11.1. The third kappa shape index (κ3) is 6.55. The number of carbonyl (C=O) groups excluding carboxylic acids is 2. The van der Waals surface area contributed by atoms with Gasteiger partial charge in [0.15, 0.2) is 0 Å². The highest BCUT2D eigenvalue weighted by Crippen LogP contribution is 2.30. The van der Waals surface area contributed by atoms with E-state index < -0.39 is 24.0 Å². The predicted molar refractivity (Wildman–Crippen MR) is 124 cm³/mol. The second kappa shape index (κ2) is 11.7. The minimum Gasteiger partial charge on any atom is -0.491 e. The van der Waals surface area contributed by atoms with Crippen LogP contribution in [0.3, 0.4) is 0 Å². The van der Waals surface area contributed by atoms with E-state index in [2.05, 4.69) is 5.32 Å². The first-order valence-electron chi connectivity index (χ1n) is 10.4. The Morgan fingerprint density at radius 1 is 1.03 bits per heavy atom. The number of fused-ring (bicyclic) bond motifs is 1. The Morgan fingerprint density at radius 3 is 2.48 bits per heavy atom. The number of amides is 2. The fraction of sp³-hybridized carbons (Fsp3) is 0.200. The first-order chi connectivity index (χ1) is 16.0. The molecule has 172 valence electrons. The molecular formula is C25H26N2O6. The van der Waals surface area contributed by atoms with Gasteiger partial charge in [-0.3, -0.25) is 15.3 Å². The molecule has 0 aromatic heterocycles. The first-order valence-corrected chi connectivity index (χ1v) is 10.4. The van der Waals surface area contributed by atoms with E-state index in [4.69, 9.17) is 19.8 Å². The number of nitrogens with one attached hydrogen (secondary N) is 2. The molecule has 0 spiro atoms. The van der Waals surface area contributed by atoms with Crippen molar-refractivity contribution < 1.29 is 29.4 Å². The molecule has 33 heavy (non-hydrogen) atoms. The van der Waals surface area contributed by atoms with Crippen molar-refractivity contribution in [3.63, 3.8) is 0 Å². The fourth-order valence-corrected chi connectivity index (χ4v) is 3.36. The highest BCUT2D eigenvalue weighted by molar-refractivity contribution is 6.00. The summed E-state index contributed by atoms with van der Waals surface area (Å²) in [5.41, 5.74) is 2.83. The summed E-state index contributed by atoms with van der Waals surface area (Å²) in [5, 5.41) is 22.3. The molecule has 0 unspecified atom stereocenters. The smallest absolute Gasteiger partial charge is 0.412 e. The molecule has 0 radical (unpaired) electrons. The van der Waals surface area contributed by atoms with Crippen LogP contribution in [0.5, 0.6) is 5.75 Å². The molecule has 2 amide bonds. The highest BCUT2D eigenvalue weighted by Gasteiger charge is 2.23. The number of carbonyl (C=O) groups is 2. The summed E-state index contributed by atoms with van der Waals surface area (Å²) in [6.07, 6.45) is 1.33. The van der Waals surface area contributed by atoms with Gasteiger partial charge in [-0.05, 0) is 29.1 Å². The van der Waals surface area contributed by atoms with Gasteiger partial charge in [0.25, 0.3) is 5.91 Å². The number of rotatable bonds is 9. The lowest BCUT2D eigenvalue weighted by Crippen LogP contribution is -2.22. The Kier molecular flexibility index (Phi) is 8.40. The van der Waals surface area contributed by atoms with Crippen LogP contribution in [0.25, 0.3) is 10.8 Å². The summed E-state index contributed by atoms with van der Waals surface area (Å²) in [6.45, 7) is 1.85. The number of ether oxygens (including phenoxy) is 2. The Balaban J connectivity index is 1.81. The number of hydroxylamine groups is 1. The van der Waals surface area contributed by atoms with Gasteiger partial charge in [0.2, 0.25) is 0 Å². The van der Waals surface area contributed by atoms with Crippen LogP contribution in [0.15, 0.2) is 78.9 Å². The highest BCUT2D eigenvalue weighted by atomic mass is 16.6. The maximum Gasteiger partial charge on any atom is 0.412 e. The molecule has 2 atom stereocenters. The molecule has 0 aliphatic carbocycles. The van der Waals surface area contributed by atoms with Gasteiger partial charge in [0, 0.05) is 17.4 Å². The summed E-state index contributed by atoms with van der Waals surface area (Å²) in [7, 11) is 0. The maximum atomic E-state index is 12.8. The van der Waals surface area contributed by atoms with Crippen molar-refractivity contribution in [3.05, 3.63) is 84.4 Å². The summed E-state index contributed by atoms with van der Waals surface area (Å²) in [6, 6.07) is 20.2. The molecule has 0 aliphatic heterocycles. The van der Waals surface area contributed by atoms with Crippen molar-refractivity contribution in [2.75, 3.05) is 18.5 Å². The van der Waals surface area contributed by atoms with E-state index in [1.807, 2.05) is 36.4 Å². The van der Waals surface area contributed by atoms with Crippen LogP contribution in [0, 0.1) is 5.92 Å². The number of hydrogen-bond acceptors (Lipinski definition) is 6. The minimum atomic E-state index is -0.727. The quantitative estimate of drug-likeness (QED) is 0.221. The Hall–Kier alpha value is -3.88. The SMILES string of the molecule is C[C@@H](/C=C/C(=O)NO)[C@@H](OC(=O)Nc1cccc2ccccc12)c1ccc(OCCO)cc1. The second-order valence-electron chi connectivity index (χ2n) is 7.31. The molecule has 8 nitrogen and oxygen atoms in total. The number of aliphatic hydroxyl groups is 1. The topological polar surface area (TPSA) is 117 Å². The van der Waals surface area contributed by atoms with Gasteiger partial charge in [-0.2, -0.15) is 0 Å². The van der Waals surface area contributed by atoms with Crippen LogP contribution in [-0.2, 0) is 9.53 Å². The van der Waals surface area contributed by atoms with Crippen molar-refractivity contribution >= 4 is 28.5 Å². The molecule has 0 bridgehead atoms. The van der Waals surface area contributed by atoms with Gasteiger partial charge < -0.3 is 14.6 Å². The monoisotopic (exact) mass is 450 g/mol. The molecule has 0 fully saturated rings. The van der Waals surface area contributed by atoms with Gasteiger partial charge in [-0.15, -0.1) is 0 Å². The van der Waals surface area contributed by atoms with E-state index in [0.29, 0.717) is 17.0 Å². The molecule has 3 rings (SSSR count). The third-order valence-corrected chi connectivity index (χ3v) is 4.97. The van der Waals surface area contributed by atoms with E-state index in [1.165, 1.54) is 17.6 Å². The summed E-state index contributed by atoms with van der Waals surface area (Å²) in [4.78, 5) is 24.2. The molecule has 0 saturated carbocycles. The lowest BCUT2D eigenvalue weighted by molar-refractivity contribution is -0.124. The van der Waals surface area contributed by atoms with E-state index in [1.54, 1.807) is 37.3 Å². The standard InChI is InChI=1S/C25H26N2O6/c1-17(9-14-23(29)27-31)24(19-10-12-20(13-11-19)32-16-15-28)33-25(30)26-22-8-4-6-18-5-2-3-7-21(18)22/h2-14,17,24,28,31H,15-16H2,1H3,(H,26,30)(H,27,29)/b14-9+/t17-,24+/m0/s1. The number of benzene rings is 3. The molecular weight excluding hydrogens is 424 g/mol. The molecule has 4 N–H and O–H groups in total. The molecule has 3 aromatic carbocycles. The van der Waals surface area contributed by atoms with Crippen molar-refractivity contribution in [1.82, 2.24) is 5.48 Å². The Labute approximate surface area is 191 Å². The maximum absolute atomic E-state index is 12.8. The fourth-order valence-electron chi connectivity index (χ4n) is 3.36. The van der Waals surface area contributed by atoms with Crippen LogP contribution in [0.2, 0.25) is 0 Å². The van der Waals surface area contributed by atoms with E-state index in [0.717, 1.165) is 10.8 Å². The molecule has 0 heterocycles. The molecule has 3 aromatic rings. The van der Waals surface area contributed by atoms with Gasteiger partial charge in [0.05, 0.1) is 12.3 Å². The van der Waals surface area contributed by atoms with Crippen LogP contribution >= 0.6 is 0 Å². The van der Waals surface area contributed by atoms with Crippen molar-refractivity contribution in [2.24, 2.45) is 5.92 Å². The normalized spacial score (nSPS) is 12.8. The molecule has 0 saturated heterocycles. The van der Waals surface area contributed by atoms with Gasteiger partial charge in [-0.25, -0.2) is 10.3 Å². The number of anilines is 1. The third-order valence-electron chi connectivity index (χ3n) is 4.97. The lowest BCUT2D eigenvalue weighted by Gasteiger charge is -2.23. The van der Waals surface area contributed by atoms with Crippen LogP contribution in [0.1, 0.15) is 18.6 Å². The average molecular weight is 450 g/mol. The van der Waals surface area contributed by atoms with E-state index in [9.17, 15) is 9.59 Å². The molecule has 8 heteroatoms. The van der Waals surface area contributed by atoms with Crippen molar-refractivity contribution in [1.29, 1.82) is 0 Å². The van der Waals surface area contributed by atoms with Gasteiger partial charge >= 0.3 is 6.09 Å². The molecule has 0 aliphatic rings. The summed E-state index contributed by atoms with van der Waals surface area (Å²) >= 11 is 0. The summed E-state index contributed by atoms with van der Waals surface area (Å²) in [5.74, 6) is -0.520. The van der Waals surface area contributed by atoms with Crippen molar-refractivity contribution in [3.8, 4) is 5.75 Å². The van der Waals surface area contributed by atoms with Gasteiger partial charge in [-0.1, -0.05) is 61.5 Å². The number of aliphatic hydroxyl groups excluding tert-OH is 1. The van der Waals surface area contributed by atoms with E-state index in [-0.39, 0.29) is 13.2 Å². The largest absolute Gasteiger partial charge is 0.491 e. The Morgan fingerprint density at radius 2 is 1.76 bits per heavy atom. The minimum absolute atomic E-state index is 0.101. The van der Waals surface area contributed by atoms with E-state index >= 15 is 0 Å². The predicted octanol–water partition coefficient (Wildman–Crippen LogP) is 4.20. The first kappa shape index (κ1) is 23.8. The zero-order chi connectivity index (χ0) is 23.6. The zero-order valence-corrected chi connectivity index (χ0v) is 18.1. The Bertz CT molecular complexity index is 1110. The van der Waals surface area contributed by atoms with Crippen LogP contribution in [0.4, 0.5) is 10.5 Å². The average Bonchev–Trinajstić information content (AvgIpc) is 2.85.